The fraction of sp³-hybridized carbons (Fsp3) is 0.111. The van der Waals surface area contributed by atoms with Crippen LogP contribution in [0.25, 0.3) is 11.3 Å². The lowest BCUT2D eigenvalue weighted by atomic mass is 10.1. The molecule has 0 saturated carbocycles. The van der Waals surface area contributed by atoms with Gasteiger partial charge >= 0.3 is 0 Å². The van der Waals surface area contributed by atoms with Gasteiger partial charge in [-0.15, -0.1) is 0 Å². The molecular formula is C18H14F2N2O2. The van der Waals surface area contributed by atoms with Gasteiger partial charge in [0.25, 0.3) is 5.91 Å². The Balaban J connectivity index is 1.69. The third kappa shape index (κ3) is 3.32. The number of carbonyl (C=O) groups is 1. The first-order valence-corrected chi connectivity index (χ1v) is 7.29. The number of amides is 1. The van der Waals surface area contributed by atoms with Crippen LogP contribution in [0.15, 0.2) is 53.1 Å². The molecule has 1 aromatic heterocycles. The van der Waals surface area contributed by atoms with E-state index >= 15 is 0 Å². The number of benzene rings is 2. The van der Waals surface area contributed by atoms with Crippen molar-refractivity contribution >= 4 is 5.91 Å². The standard InChI is InChI=1S/C18H14F2N2O2/c1-11-5-7-12(8-6-11)16-9-13(22-24-16)10-21-18(23)17-14(19)3-2-4-15(17)20/h2-9H,10H2,1H3,(H,21,23). The van der Waals surface area contributed by atoms with E-state index in [1.807, 2.05) is 31.2 Å². The molecule has 0 atom stereocenters. The molecule has 0 aliphatic carbocycles. The number of rotatable bonds is 4. The number of halogens is 2. The van der Waals surface area contributed by atoms with Crippen molar-refractivity contribution < 1.29 is 18.1 Å². The molecule has 0 saturated heterocycles. The molecule has 0 spiro atoms. The molecule has 1 N–H and O–H groups in total. The molecule has 0 aliphatic heterocycles. The van der Waals surface area contributed by atoms with Gasteiger partial charge in [0.15, 0.2) is 5.76 Å². The van der Waals surface area contributed by atoms with E-state index in [4.69, 9.17) is 4.52 Å². The van der Waals surface area contributed by atoms with E-state index in [0.29, 0.717) is 11.5 Å². The first kappa shape index (κ1) is 15.9. The van der Waals surface area contributed by atoms with Crippen molar-refractivity contribution in [2.24, 2.45) is 0 Å². The lowest BCUT2D eigenvalue weighted by Gasteiger charge is -2.05. The highest BCUT2D eigenvalue weighted by Gasteiger charge is 2.17. The fourth-order valence-corrected chi connectivity index (χ4v) is 2.22. The van der Waals surface area contributed by atoms with Crippen LogP contribution in [0.1, 0.15) is 21.6 Å². The van der Waals surface area contributed by atoms with Crippen molar-refractivity contribution in [1.29, 1.82) is 0 Å². The lowest BCUT2D eigenvalue weighted by molar-refractivity contribution is 0.0941. The molecule has 0 fully saturated rings. The van der Waals surface area contributed by atoms with Crippen LogP contribution >= 0.6 is 0 Å². The summed E-state index contributed by atoms with van der Waals surface area (Å²) in [5.74, 6) is -2.11. The molecular weight excluding hydrogens is 314 g/mol. The van der Waals surface area contributed by atoms with Crippen LogP contribution in [0.5, 0.6) is 0 Å². The Morgan fingerprint density at radius 3 is 2.46 bits per heavy atom. The molecule has 3 rings (SSSR count). The number of nitrogens with zero attached hydrogens (tertiary/aromatic N) is 1. The molecule has 0 bridgehead atoms. The van der Waals surface area contributed by atoms with Crippen molar-refractivity contribution in [2.45, 2.75) is 13.5 Å². The van der Waals surface area contributed by atoms with E-state index in [1.165, 1.54) is 6.07 Å². The molecule has 1 heterocycles. The summed E-state index contributed by atoms with van der Waals surface area (Å²) in [4.78, 5) is 11.9. The smallest absolute Gasteiger partial charge is 0.257 e. The number of aromatic nitrogens is 1. The molecule has 1 amide bonds. The maximum Gasteiger partial charge on any atom is 0.257 e. The Hall–Kier alpha value is -3.02. The predicted molar refractivity (Wildman–Crippen MR) is 84.2 cm³/mol. The van der Waals surface area contributed by atoms with Crippen molar-refractivity contribution in [3.8, 4) is 11.3 Å². The Morgan fingerprint density at radius 1 is 1.12 bits per heavy atom. The summed E-state index contributed by atoms with van der Waals surface area (Å²) in [6.45, 7) is 1.98. The van der Waals surface area contributed by atoms with E-state index in [-0.39, 0.29) is 6.54 Å². The number of hydrogen-bond acceptors (Lipinski definition) is 3. The van der Waals surface area contributed by atoms with E-state index in [2.05, 4.69) is 10.5 Å². The number of nitrogens with one attached hydrogen (secondary N) is 1. The minimum Gasteiger partial charge on any atom is -0.356 e. The van der Waals surface area contributed by atoms with Gasteiger partial charge in [-0.1, -0.05) is 41.1 Å². The van der Waals surface area contributed by atoms with E-state index in [1.54, 1.807) is 6.07 Å². The largest absolute Gasteiger partial charge is 0.356 e. The lowest BCUT2D eigenvalue weighted by Crippen LogP contribution is -2.25. The van der Waals surface area contributed by atoms with Crippen molar-refractivity contribution in [3.05, 3.63) is 77.0 Å². The highest BCUT2D eigenvalue weighted by molar-refractivity contribution is 5.94. The van der Waals surface area contributed by atoms with Gasteiger partial charge in [0.05, 0.1) is 6.54 Å². The van der Waals surface area contributed by atoms with Gasteiger partial charge in [-0.05, 0) is 19.1 Å². The molecule has 6 heteroatoms. The minimum absolute atomic E-state index is 0.00195. The summed E-state index contributed by atoms with van der Waals surface area (Å²) in [5.41, 5.74) is 1.82. The van der Waals surface area contributed by atoms with Crippen LogP contribution in [0.3, 0.4) is 0 Å². The third-order valence-corrected chi connectivity index (χ3v) is 3.51. The van der Waals surface area contributed by atoms with Gasteiger partial charge in [0.1, 0.15) is 22.9 Å². The van der Waals surface area contributed by atoms with Crippen LogP contribution in [0.2, 0.25) is 0 Å². The summed E-state index contributed by atoms with van der Waals surface area (Å²) in [6, 6.07) is 12.6. The van der Waals surface area contributed by atoms with Crippen molar-refractivity contribution in [2.75, 3.05) is 0 Å². The highest BCUT2D eigenvalue weighted by atomic mass is 19.1. The first-order valence-electron chi connectivity index (χ1n) is 7.29. The zero-order valence-corrected chi connectivity index (χ0v) is 12.8. The van der Waals surface area contributed by atoms with E-state index in [0.717, 1.165) is 23.3 Å². The van der Waals surface area contributed by atoms with Crippen LogP contribution in [0, 0.1) is 18.6 Å². The second kappa shape index (κ2) is 6.62. The number of carbonyl (C=O) groups excluding carboxylic acids is 1. The number of hydrogen-bond donors (Lipinski definition) is 1. The normalized spacial score (nSPS) is 10.6. The summed E-state index contributed by atoms with van der Waals surface area (Å²) in [7, 11) is 0. The van der Waals surface area contributed by atoms with Crippen LogP contribution in [-0.2, 0) is 6.54 Å². The molecule has 2 aromatic carbocycles. The van der Waals surface area contributed by atoms with Crippen molar-refractivity contribution in [1.82, 2.24) is 10.5 Å². The summed E-state index contributed by atoms with van der Waals surface area (Å²) in [6.07, 6.45) is 0. The van der Waals surface area contributed by atoms with Crippen molar-refractivity contribution in [3.63, 3.8) is 0 Å². The SMILES string of the molecule is Cc1ccc(-c2cc(CNC(=O)c3c(F)cccc3F)no2)cc1. The van der Waals surface area contributed by atoms with Crippen LogP contribution in [0.4, 0.5) is 8.78 Å². The van der Waals surface area contributed by atoms with Gasteiger partial charge in [-0.25, -0.2) is 8.78 Å². The second-order valence-electron chi connectivity index (χ2n) is 5.33. The minimum atomic E-state index is -0.909. The zero-order valence-electron chi connectivity index (χ0n) is 12.8. The Bertz CT molecular complexity index is 853. The molecule has 122 valence electrons. The molecule has 0 aliphatic rings. The maximum absolute atomic E-state index is 13.5. The molecule has 4 nitrogen and oxygen atoms in total. The first-order chi connectivity index (χ1) is 11.5. The Kier molecular flexibility index (Phi) is 4.37. The molecule has 0 radical (unpaired) electrons. The van der Waals surface area contributed by atoms with Gasteiger partial charge in [0.2, 0.25) is 0 Å². The number of aryl methyl sites for hydroxylation is 1. The topological polar surface area (TPSA) is 55.1 Å². The molecule has 0 unspecified atom stereocenters. The maximum atomic E-state index is 13.5. The van der Waals surface area contributed by atoms with E-state index < -0.39 is 23.1 Å². The Labute approximate surface area is 137 Å². The van der Waals surface area contributed by atoms with Gasteiger partial charge in [-0.3, -0.25) is 4.79 Å². The van der Waals surface area contributed by atoms with Gasteiger partial charge < -0.3 is 9.84 Å². The van der Waals surface area contributed by atoms with Gasteiger partial charge in [-0.2, -0.15) is 0 Å². The van der Waals surface area contributed by atoms with Gasteiger partial charge in [0, 0.05) is 11.6 Å². The summed E-state index contributed by atoms with van der Waals surface area (Å²) >= 11 is 0. The summed E-state index contributed by atoms with van der Waals surface area (Å²) < 4.78 is 32.3. The fourth-order valence-electron chi connectivity index (χ4n) is 2.22. The molecule has 3 aromatic rings. The Morgan fingerprint density at radius 2 is 1.79 bits per heavy atom. The van der Waals surface area contributed by atoms with Crippen LogP contribution < -0.4 is 5.32 Å². The van der Waals surface area contributed by atoms with E-state index in [9.17, 15) is 13.6 Å². The second-order valence-corrected chi connectivity index (χ2v) is 5.33. The quantitative estimate of drug-likeness (QED) is 0.791. The zero-order chi connectivity index (χ0) is 17.1. The monoisotopic (exact) mass is 328 g/mol. The average molecular weight is 328 g/mol. The predicted octanol–water partition coefficient (Wildman–Crippen LogP) is 3.86. The molecule has 24 heavy (non-hydrogen) atoms. The van der Waals surface area contributed by atoms with Crippen LogP contribution in [-0.4, -0.2) is 11.1 Å². The third-order valence-electron chi connectivity index (χ3n) is 3.51. The average Bonchev–Trinajstić information content (AvgIpc) is 3.02. The highest BCUT2D eigenvalue weighted by Crippen LogP contribution is 2.20. The summed E-state index contributed by atoms with van der Waals surface area (Å²) in [5, 5.41) is 6.28.